The maximum absolute atomic E-state index is 14.3. The molecule has 0 aromatic carbocycles. The number of amides is 13. The van der Waals surface area contributed by atoms with E-state index in [1.807, 2.05) is 27.7 Å². The number of ketones is 3. The number of esters is 1. The van der Waals surface area contributed by atoms with Crippen LogP contribution in [0.2, 0.25) is 0 Å². The van der Waals surface area contributed by atoms with Crippen molar-refractivity contribution in [2.24, 2.45) is 64.1 Å². The maximum atomic E-state index is 14.3. The Morgan fingerprint density at radius 2 is 0.740 bits per heavy atom. The van der Waals surface area contributed by atoms with Gasteiger partial charge in [0.05, 0.1) is 24.5 Å². The van der Waals surface area contributed by atoms with E-state index in [-0.39, 0.29) is 122 Å². The molecular weight excluding hydrogens is 1720 g/mol. The van der Waals surface area contributed by atoms with Gasteiger partial charge in [-0.2, -0.15) is 0 Å². The average Bonchev–Trinajstić information content (AvgIpc) is 1.53. The first-order chi connectivity index (χ1) is 61.3. The van der Waals surface area contributed by atoms with Crippen LogP contribution < -0.4 is 53.2 Å². The Kier molecular flexibility index (Phi) is 39.1. The van der Waals surface area contributed by atoms with Gasteiger partial charge in [-0.05, 0) is 218 Å². The van der Waals surface area contributed by atoms with E-state index in [1.54, 1.807) is 89.5 Å². The lowest BCUT2D eigenvalue weighted by Gasteiger charge is -2.37. The van der Waals surface area contributed by atoms with Crippen LogP contribution in [-0.2, 0) is 76.5 Å². The van der Waals surface area contributed by atoms with Crippen molar-refractivity contribution in [2.45, 2.75) is 346 Å². The highest BCUT2D eigenvalue weighted by molar-refractivity contribution is 6.51. The molecule has 3 heterocycles. The minimum absolute atomic E-state index is 0.0215. The first-order valence-electron chi connectivity index (χ1n) is 47.3. The molecule has 0 aromatic rings. The predicted octanol–water partition coefficient (Wildman–Crippen LogP) is 10.8. The number of carbonyl (C=O) groups excluding carboxylic acids is 16. The number of rotatable bonds is 40. The molecule has 9 rings (SSSR count). The monoisotopic (exact) mass is 1870 g/mol. The first-order valence-corrected chi connectivity index (χ1v) is 48.0. The Morgan fingerprint density at radius 3 is 1.07 bits per heavy atom. The van der Waals surface area contributed by atoms with Crippen LogP contribution in [0, 0.1) is 64.1 Å². The number of halogens is 2. The quantitative estimate of drug-likeness (QED) is 0.00680. The maximum Gasteiger partial charge on any atom is 0.408 e. The number of piperidine rings is 3. The van der Waals surface area contributed by atoms with Gasteiger partial charge in [-0.1, -0.05) is 123 Å². The van der Waals surface area contributed by atoms with E-state index in [0.29, 0.717) is 45.2 Å². The Hall–Kier alpha value is -9.20. The van der Waals surface area contributed by atoms with Gasteiger partial charge in [0.2, 0.25) is 52.8 Å². The second-order valence-electron chi connectivity index (χ2n) is 41.6. The fourth-order valence-corrected chi connectivity index (χ4v) is 20.4. The van der Waals surface area contributed by atoms with Gasteiger partial charge in [-0.15, -0.1) is 56.1 Å². The van der Waals surface area contributed by atoms with Gasteiger partial charge in [-0.3, -0.25) is 62.3 Å². The summed E-state index contributed by atoms with van der Waals surface area (Å²) in [6.07, 6.45) is 22.8. The number of nitrogens with one attached hydrogen (secondary N) is 10. The highest BCUT2D eigenvalue weighted by atomic mass is 35.5. The van der Waals surface area contributed by atoms with Crippen molar-refractivity contribution in [3.63, 3.8) is 0 Å². The normalized spacial score (nSPS) is 24.0. The molecule has 732 valence electrons. The third-order valence-corrected chi connectivity index (χ3v) is 28.2. The molecule has 131 heavy (non-hydrogen) atoms. The number of alkyl carbamates (subject to hydrolysis) is 2. The van der Waals surface area contributed by atoms with Gasteiger partial charge in [0.1, 0.15) is 57.4 Å². The van der Waals surface area contributed by atoms with Crippen molar-refractivity contribution < 1.29 is 90.9 Å². The molecule has 10 N–H and O–H groups in total. The average molecular weight is 1870 g/mol. The van der Waals surface area contributed by atoms with Gasteiger partial charge in [0.15, 0.2) is 0 Å². The van der Waals surface area contributed by atoms with E-state index in [0.717, 1.165) is 96.3 Å². The molecule has 6 aliphatic carbocycles. The summed E-state index contributed by atoms with van der Waals surface area (Å²) in [7, 11) is 0. The molecule has 0 radical (unpaired) electrons. The summed E-state index contributed by atoms with van der Waals surface area (Å²) in [6.45, 7) is 49.2. The molecule has 3 saturated heterocycles. The summed E-state index contributed by atoms with van der Waals surface area (Å²) < 4.78 is 15.1. The number of fused-ring (bicyclic) bond motifs is 3. The van der Waals surface area contributed by atoms with Gasteiger partial charge in [0, 0.05) is 56.6 Å². The lowest BCUT2D eigenvalue weighted by Crippen LogP contribution is -2.61. The van der Waals surface area contributed by atoms with Gasteiger partial charge in [0.25, 0.3) is 17.7 Å². The number of nitrogens with zero attached hydrogens (tertiary/aromatic N) is 3. The summed E-state index contributed by atoms with van der Waals surface area (Å²) in [5.41, 5.74) is -2.96. The third-order valence-electron chi connectivity index (χ3n) is 27.1. The van der Waals surface area contributed by atoms with E-state index in [1.165, 1.54) is 11.0 Å². The molecule has 34 heteroatoms. The Labute approximate surface area is 785 Å². The lowest BCUT2D eigenvalue weighted by atomic mass is 9.83. The predicted molar refractivity (Wildman–Crippen MR) is 499 cm³/mol. The highest BCUT2D eigenvalue weighted by Crippen LogP contribution is 2.67. The molecule has 13 amide bonds. The number of Topliss-reactive ketones (excluding diaryl/α,β-unsaturated/α-hetero) is 3. The fraction of sp³-hybridized carbons (Fsp3) is 0.732. The number of alkyl halides is 2. The van der Waals surface area contributed by atoms with Crippen molar-refractivity contribution in [1.82, 2.24) is 67.9 Å². The number of likely N-dealkylation sites (tertiary alicyclic amines) is 3. The topological polar surface area (TPSA) is 431 Å². The number of hydrogen-bond donors (Lipinski definition) is 10. The van der Waals surface area contributed by atoms with Crippen molar-refractivity contribution in [3.05, 3.63) is 63.3 Å². The van der Waals surface area contributed by atoms with Gasteiger partial charge in [-0.25, -0.2) is 14.4 Å². The number of carbonyl (C=O) groups is 16. The summed E-state index contributed by atoms with van der Waals surface area (Å²) in [5.74, 6) is -9.18. The molecule has 3 aliphatic heterocycles. The Morgan fingerprint density at radius 1 is 0.412 bits per heavy atom. The SMILES string of the molecule is C=CCCC(NC(=O)[C@@H]1[C@@H]2[C@H](CN1C(=O)[C@@H](NC(=O)OC(C)(C)C)C1CCCCC1)C2(C)C)C(=O)C(=O)NCCC(=O)OC(C)(C)CC.C=CCCC(NC(=O)[C@@H]1[C@@H]2[C@H](CN1C(=O)[C@@H](NC(=O)OC(C)(C)C)C1CCCCC1)C2(Cl)Cl)C(=O)C(=O)NCC=C.C=CCCNC(=O)C(=O)C(CCC=C)NC(=O)[C@@H]1[C@@H]2[C@H](CN1C(=O)[C@@H](NC(=O)NC(C)(C)C)C1CCCCC1)C2(C)C. The molecule has 32 nitrogen and oxygen atoms in total. The Bertz CT molecular complexity index is 4170. The number of urea groups is 1. The minimum atomic E-state index is -1.21. The molecule has 0 aromatic heterocycles. The Balaban J connectivity index is 0.000000270. The molecule has 9 fully saturated rings. The highest BCUT2D eigenvalue weighted by Gasteiger charge is 2.75. The molecule has 15 atom stereocenters. The third kappa shape index (κ3) is 29.9. The van der Waals surface area contributed by atoms with Crippen LogP contribution >= 0.6 is 23.2 Å². The zero-order valence-corrected chi connectivity index (χ0v) is 81.9. The van der Waals surface area contributed by atoms with Crippen molar-refractivity contribution in [2.75, 3.05) is 39.3 Å². The van der Waals surface area contributed by atoms with Crippen LogP contribution in [-0.4, -0.2) is 230 Å². The molecule has 6 saturated carbocycles. The zero-order valence-electron chi connectivity index (χ0n) is 80.4. The van der Waals surface area contributed by atoms with Crippen LogP contribution in [0.15, 0.2) is 63.3 Å². The second-order valence-corrected chi connectivity index (χ2v) is 43.0. The summed E-state index contributed by atoms with van der Waals surface area (Å²) in [6, 6.07) is -9.00. The molecule has 9 aliphatic rings. The van der Waals surface area contributed by atoms with Crippen molar-refractivity contribution in [3.8, 4) is 0 Å². The smallest absolute Gasteiger partial charge is 0.408 e. The molecular formula is C97H151Cl2N13O19. The summed E-state index contributed by atoms with van der Waals surface area (Å²) >= 11 is 13.0. The first kappa shape index (κ1) is 109. The fourth-order valence-electron chi connectivity index (χ4n) is 19.6. The molecule has 0 spiro atoms. The minimum Gasteiger partial charge on any atom is -0.460 e. The van der Waals surface area contributed by atoms with E-state index in [4.69, 9.17) is 37.4 Å². The zero-order chi connectivity index (χ0) is 97.8. The van der Waals surface area contributed by atoms with Crippen LogP contribution in [0.4, 0.5) is 14.4 Å². The van der Waals surface area contributed by atoms with Gasteiger partial charge < -0.3 is 82.1 Å². The van der Waals surface area contributed by atoms with Crippen LogP contribution in [0.5, 0.6) is 0 Å². The lowest BCUT2D eigenvalue weighted by molar-refractivity contribution is -0.156. The molecule has 0 bridgehead atoms. The van der Waals surface area contributed by atoms with Crippen LogP contribution in [0.3, 0.4) is 0 Å². The number of allylic oxidation sites excluding steroid dienone is 3. The second kappa shape index (κ2) is 47.1. The van der Waals surface area contributed by atoms with Crippen molar-refractivity contribution in [1.29, 1.82) is 0 Å². The summed E-state index contributed by atoms with van der Waals surface area (Å²) in [5, 5.41) is 27.2. The molecule has 3 unspecified atom stereocenters. The van der Waals surface area contributed by atoms with E-state index in [9.17, 15) is 76.7 Å². The van der Waals surface area contributed by atoms with E-state index >= 15 is 0 Å². The van der Waals surface area contributed by atoms with Gasteiger partial charge >= 0.3 is 24.2 Å². The van der Waals surface area contributed by atoms with E-state index < -0.39 is 170 Å². The van der Waals surface area contributed by atoms with Crippen LogP contribution in [0.25, 0.3) is 0 Å². The number of ether oxygens (including phenoxy) is 3. The largest absolute Gasteiger partial charge is 0.460 e. The van der Waals surface area contributed by atoms with E-state index in [2.05, 4.69) is 114 Å². The van der Waals surface area contributed by atoms with Crippen molar-refractivity contribution >= 4 is 118 Å². The summed E-state index contributed by atoms with van der Waals surface area (Å²) in [4.78, 5) is 217. The van der Waals surface area contributed by atoms with Crippen LogP contribution in [0.1, 0.15) is 265 Å². The standard InChI is InChI=1S/C36H58N4O8.C32H51N5O5.C29H42Cl2N4O6/c1-10-12-18-24(29(42)31(44)37-20-19-25(41)47-35(6,7)11-2)38-30(43)28-26-23(36(26,8)9)21-40(28)32(45)27(22-16-14-13-15-17-22)39-33(46)48-34(3,4)5;1-8-10-17-22(26(38)28(40)33-18-11-9-2)34-27(39)25-23-21(32(23,6)7)19-37(25)29(41)24(20-15-13-12-14-16-20)35-30(42)36-31(3,4)5;1-6-8-14-19(23(36)25(38)32-15-7-2)33-24(37)22-20-18(29(20,30)31)16-35(22)26(39)21(17-12-10-9-11-13-17)34-27(40)41-28(3,4)5/h10,22-24,26-28H,1,11-21H2,2-9H3,(H,37,44)(H,38,43)(H,39,46);8-9,20-25H,1-2,10-19H2,3-7H3,(H,33,40)(H,34,39)(H2,35,36,42);6-7,17-22H,1-2,8-16H2,3-5H3,(H,32,38)(H,33,37)(H,34,40)/t23-,24?,26-,27-,28-;21-,22?,23-,24-,25-;18-,19?,20-,21-,22-/m000/s1. The number of hydrogen-bond acceptors (Lipinski definition) is 19.